The summed E-state index contributed by atoms with van der Waals surface area (Å²) in [5.74, 6) is 0.885. The second kappa shape index (κ2) is 3.69. The molecule has 0 aromatic rings. The molecule has 0 spiro atoms. The van der Waals surface area contributed by atoms with Crippen LogP contribution in [0, 0.1) is 5.92 Å². The summed E-state index contributed by atoms with van der Waals surface area (Å²) in [5, 5.41) is 0. The summed E-state index contributed by atoms with van der Waals surface area (Å²) in [5.41, 5.74) is 1.15. The number of allylic oxidation sites excluding steroid dienone is 1. The first-order chi connectivity index (χ1) is 7.27. The number of rotatable bonds is 1. The first kappa shape index (κ1) is 11.8. The average molecular weight is 222 g/mol. The zero-order valence-corrected chi connectivity index (χ0v) is 10.8. The summed E-state index contributed by atoms with van der Waals surface area (Å²) < 4.78 is 6.16. The predicted octanol–water partition coefficient (Wildman–Crippen LogP) is 3.26. The monoisotopic (exact) mass is 222 g/mol. The number of fused-ring (bicyclic) bond motifs is 1. The van der Waals surface area contributed by atoms with Crippen molar-refractivity contribution < 1.29 is 9.53 Å². The number of carbonyl (C=O) groups is 1. The molecule has 2 atom stereocenters. The van der Waals surface area contributed by atoms with E-state index in [1.165, 1.54) is 5.57 Å². The summed E-state index contributed by atoms with van der Waals surface area (Å²) in [6.07, 6.45) is 5.61. The van der Waals surface area contributed by atoms with Crippen molar-refractivity contribution in [3.05, 3.63) is 11.6 Å². The Balaban J connectivity index is 2.12. The second-order valence-electron chi connectivity index (χ2n) is 6.47. The van der Waals surface area contributed by atoms with E-state index < -0.39 is 0 Å². The minimum absolute atomic E-state index is 0.0701. The van der Waals surface area contributed by atoms with E-state index in [2.05, 4.69) is 27.7 Å². The van der Waals surface area contributed by atoms with E-state index in [4.69, 9.17) is 4.74 Å². The van der Waals surface area contributed by atoms with Gasteiger partial charge >= 0.3 is 0 Å². The summed E-state index contributed by atoms with van der Waals surface area (Å²) in [7, 11) is 0. The van der Waals surface area contributed by atoms with Gasteiger partial charge in [-0.05, 0) is 59.0 Å². The molecular formula is C14H22O2. The lowest BCUT2D eigenvalue weighted by Gasteiger charge is -2.33. The van der Waals surface area contributed by atoms with Crippen molar-refractivity contribution in [3.63, 3.8) is 0 Å². The molecule has 0 bridgehead atoms. The van der Waals surface area contributed by atoms with Crippen LogP contribution in [0.25, 0.3) is 0 Å². The number of hydrogen-bond acceptors (Lipinski definition) is 2. The largest absolute Gasteiger partial charge is 0.369 e. The van der Waals surface area contributed by atoms with E-state index in [1.54, 1.807) is 0 Å². The number of ketones is 1. The molecule has 2 heteroatoms. The summed E-state index contributed by atoms with van der Waals surface area (Å²) in [6, 6.07) is 0. The third-order valence-electron chi connectivity index (χ3n) is 3.42. The molecule has 16 heavy (non-hydrogen) atoms. The summed E-state index contributed by atoms with van der Waals surface area (Å²) >= 11 is 0. The number of hydrogen-bond donors (Lipinski definition) is 0. The highest BCUT2D eigenvalue weighted by Gasteiger charge is 2.42. The van der Waals surface area contributed by atoms with Crippen molar-refractivity contribution in [2.24, 2.45) is 5.92 Å². The van der Waals surface area contributed by atoms with Gasteiger partial charge < -0.3 is 4.74 Å². The van der Waals surface area contributed by atoms with E-state index in [0.717, 1.165) is 25.7 Å². The molecule has 2 aliphatic rings. The zero-order valence-electron chi connectivity index (χ0n) is 10.8. The van der Waals surface area contributed by atoms with Gasteiger partial charge in [0.05, 0.1) is 11.2 Å². The molecule has 0 N–H and O–H groups in total. The maximum absolute atomic E-state index is 11.4. The van der Waals surface area contributed by atoms with Gasteiger partial charge in [-0.2, -0.15) is 0 Å². The van der Waals surface area contributed by atoms with Gasteiger partial charge in [0.15, 0.2) is 5.78 Å². The van der Waals surface area contributed by atoms with Crippen LogP contribution in [0.5, 0.6) is 0 Å². The topological polar surface area (TPSA) is 26.3 Å². The van der Waals surface area contributed by atoms with Crippen LogP contribution in [0.3, 0.4) is 0 Å². The van der Waals surface area contributed by atoms with Gasteiger partial charge in [-0.15, -0.1) is 0 Å². The molecule has 2 rings (SSSR count). The third-order valence-corrected chi connectivity index (χ3v) is 3.42. The van der Waals surface area contributed by atoms with Gasteiger partial charge in [-0.25, -0.2) is 0 Å². The number of carbonyl (C=O) groups excluding carboxylic acids is 1. The molecule has 0 aliphatic heterocycles. The Morgan fingerprint density at radius 3 is 2.75 bits per heavy atom. The molecule has 0 amide bonds. The molecule has 0 aromatic carbocycles. The highest BCUT2D eigenvalue weighted by atomic mass is 16.5. The lowest BCUT2D eigenvalue weighted by molar-refractivity contribution is -0.120. The Labute approximate surface area is 98.1 Å². The smallest absolute Gasteiger partial charge is 0.155 e. The molecule has 1 unspecified atom stereocenters. The van der Waals surface area contributed by atoms with Gasteiger partial charge in [0.1, 0.15) is 0 Å². The van der Waals surface area contributed by atoms with Gasteiger partial charge in [0.2, 0.25) is 0 Å². The fourth-order valence-corrected chi connectivity index (χ4v) is 3.17. The van der Waals surface area contributed by atoms with Crippen molar-refractivity contribution in [2.45, 2.75) is 64.6 Å². The van der Waals surface area contributed by atoms with E-state index >= 15 is 0 Å². The lowest BCUT2D eigenvalue weighted by atomic mass is 9.89. The van der Waals surface area contributed by atoms with Crippen molar-refractivity contribution in [1.29, 1.82) is 0 Å². The Kier molecular flexibility index (Phi) is 2.73. The maximum atomic E-state index is 11.4. The minimum atomic E-state index is -0.104. The normalized spacial score (nSPS) is 34.9. The fourth-order valence-electron chi connectivity index (χ4n) is 3.17. The molecule has 90 valence electrons. The molecule has 1 fully saturated rings. The van der Waals surface area contributed by atoms with Crippen LogP contribution in [0.15, 0.2) is 11.6 Å². The first-order valence-corrected chi connectivity index (χ1v) is 6.21. The third kappa shape index (κ3) is 2.54. The van der Waals surface area contributed by atoms with Crippen LogP contribution in [0.1, 0.15) is 53.4 Å². The Morgan fingerprint density at radius 1 is 1.44 bits per heavy atom. The fraction of sp³-hybridized carbons (Fsp3) is 0.786. The van der Waals surface area contributed by atoms with Crippen LogP contribution in [-0.2, 0) is 9.53 Å². The Morgan fingerprint density at radius 2 is 2.12 bits per heavy atom. The van der Waals surface area contributed by atoms with Crippen LogP contribution in [0.2, 0.25) is 0 Å². The van der Waals surface area contributed by atoms with Gasteiger partial charge in [0, 0.05) is 6.42 Å². The van der Waals surface area contributed by atoms with E-state index in [0.29, 0.717) is 11.7 Å². The molecule has 0 heterocycles. The van der Waals surface area contributed by atoms with E-state index in [9.17, 15) is 4.79 Å². The number of ether oxygens (including phenoxy) is 1. The molecule has 0 aromatic heterocycles. The molecule has 0 radical (unpaired) electrons. The average Bonchev–Trinajstić information content (AvgIpc) is 2.35. The predicted molar refractivity (Wildman–Crippen MR) is 64.3 cm³/mol. The molecule has 2 nitrogen and oxygen atoms in total. The maximum Gasteiger partial charge on any atom is 0.155 e. The van der Waals surface area contributed by atoms with Crippen molar-refractivity contribution in [1.82, 2.24) is 0 Å². The van der Waals surface area contributed by atoms with Gasteiger partial charge in [-0.3, -0.25) is 4.79 Å². The minimum Gasteiger partial charge on any atom is -0.369 e. The van der Waals surface area contributed by atoms with Crippen LogP contribution in [-0.4, -0.2) is 17.0 Å². The van der Waals surface area contributed by atoms with E-state index in [1.807, 2.05) is 6.08 Å². The second-order valence-corrected chi connectivity index (χ2v) is 6.47. The van der Waals surface area contributed by atoms with Crippen molar-refractivity contribution >= 4 is 5.78 Å². The van der Waals surface area contributed by atoms with Crippen LogP contribution >= 0.6 is 0 Å². The molecule has 0 saturated heterocycles. The Bertz CT molecular complexity index is 335. The SMILES string of the molecule is CC(C)(C)O[C@]1(C)CC2=CC(=O)CCC2C1. The highest BCUT2D eigenvalue weighted by molar-refractivity contribution is 5.91. The van der Waals surface area contributed by atoms with Gasteiger partial charge in [-0.1, -0.05) is 5.57 Å². The van der Waals surface area contributed by atoms with Crippen LogP contribution < -0.4 is 0 Å². The first-order valence-electron chi connectivity index (χ1n) is 6.21. The summed E-state index contributed by atoms with van der Waals surface area (Å²) in [4.78, 5) is 11.4. The quantitative estimate of drug-likeness (QED) is 0.680. The highest BCUT2D eigenvalue weighted by Crippen LogP contribution is 2.46. The van der Waals surface area contributed by atoms with Crippen molar-refractivity contribution in [2.75, 3.05) is 0 Å². The van der Waals surface area contributed by atoms with E-state index in [-0.39, 0.29) is 11.2 Å². The van der Waals surface area contributed by atoms with Crippen LogP contribution in [0.4, 0.5) is 0 Å². The molecule has 2 aliphatic carbocycles. The molecular weight excluding hydrogens is 200 g/mol. The summed E-state index contributed by atoms with van der Waals surface area (Å²) in [6.45, 7) is 8.47. The molecule has 1 saturated carbocycles. The lowest BCUT2D eigenvalue weighted by Crippen LogP contribution is -2.35. The zero-order chi connectivity index (χ0) is 12.0. The van der Waals surface area contributed by atoms with Gasteiger partial charge in [0.25, 0.3) is 0 Å². The van der Waals surface area contributed by atoms with Crippen molar-refractivity contribution in [3.8, 4) is 0 Å². The standard InChI is InChI=1S/C14H22O2/c1-13(2,3)16-14(4)8-10-5-6-12(15)7-11(10)9-14/h7,10H,5-6,8-9H2,1-4H3/t10?,14-/m0/s1. The Hall–Kier alpha value is -0.630.